The van der Waals surface area contributed by atoms with Crippen LogP contribution in [0.15, 0.2) is 18.2 Å². The second kappa shape index (κ2) is 9.26. The van der Waals surface area contributed by atoms with Gasteiger partial charge in [0.05, 0.1) is 17.7 Å². The number of hydrogen-bond acceptors (Lipinski definition) is 4. The predicted octanol–water partition coefficient (Wildman–Crippen LogP) is 3.68. The molecule has 1 amide bonds. The summed E-state index contributed by atoms with van der Waals surface area (Å²) < 4.78 is 6.10. The zero-order valence-corrected chi connectivity index (χ0v) is 17.9. The first-order valence-electron chi connectivity index (χ1n) is 9.67. The normalized spacial score (nSPS) is 17.6. The SMILES string of the molecule is CC(CO)N(C)C(=O)c1ccc(OC2CCN(CC(C)(C)C)CC2)c(Cl)c1. The molecule has 1 atom stereocenters. The number of halogens is 1. The Hall–Kier alpha value is -1.30. The summed E-state index contributed by atoms with van der Waals surface area (Å²) in [6, 6.07) is 4.91. The molecule has 152 valence electrons. The number of carbonyl (C=O) groups is 1. The molecule has 1 aliphatic heterocycles. The van der Waals surface area contributed by atoms with Gasteiger partial charge in [-0.2, -0.15) is 0 Å². The fourth-order valence-electron chi connectivity index (χ4n) is 3.29. The van der Waals surface area contributed by atoms with E-state index in [0.29, 0.717) is 21.8 Å². The van der Waals surface area contributed by atoms with Gasteiger partial charge in [-0.3, -0.25) is 4.79 Å². The molecule has 1 aromatic carbocycles. The molecule has 1 unspecified atom stereocenters. The molecule has 1 saturated heterocycles. The number of likely N-dealkylation sites (tertiary alicyclic amines) is 1. The Morgan fingerprint density at radius 1 is 1.37 bits per heavy atom. The lowest BCUT2D eigenvalue weighted by Crippen LogP contribution is -2.42. The molecule has 1 heterocycles. The molecule has 1 aromatic rings. The maximum absolute atomic E-state index is 12.5. The van der Waals surface area contributed by atoms with Crippen LogP contribution in [0.2, 0.25) is 5.02 Å². The summed E-state index contributed by atoms with van der Waals surface area (Å²) in [6.07, 6.45) is 2.10. The highest BCUT2D eigenvalue weighted by molar-refractivity contribution is 6.32. The molecule has 0 aromatic heterocycles. The van der Waals surface area contributed by atoms with E-state index in [1.165, 1.54) is 4.90 Å². The Morgan fingerprint density at radius 2 is 2.00 bits per heavy atom. The quantitative estimate of drug-likeness (QED) is 0.796. The van der Waals surface area contributed by atoms with E-state index in [0.717, 1.165) is 32.5 Å². The van der Waals surface area contributed by atoms with E-state index < -0.39 is 0 Å². The van der Waals surface area contributed by atoms with E-state index in [4.69, 9.17) is 16.3 Å². The lowest BCUT2D eigenvalue weighted by atomic mass is 9.94. The van der Waals surface area contributed by atoms with E-state index >= 15 is 0 Å². The van der Waals surface area contributed by atoms with Crippen molar-refractivity contribution >= 4 is 17.5 Å². The lowest BCUT2D eigenvalue weighted by Gasteiger charge is -2.36. The van der Waals surface area contributed by atoms with Crippen molar-refractivity contribution in [2.24, 2.45) is 5.41 Å². The highest BCUT2D eigenvalue weighted by Gasteiger charge is 2.25. The van der Waals surface area contributed by atoms with E-state index in [1.807, 2.05) is 0 Å². The van der Waals surface area contributed by atoms with Gasteiger partial charge in [0.15, 0.2) is 0 Å². The van der Waals surface area contributed by atoms with Crippen molar-refractivity contribution in [2.75, 3.05) is 33.3 Å². The molecule has 5 nitrogen and oxygen atoms in total. The Bertz CT molecular complexity index is 637. The molecule has 2 rings (SSSR count). The Kier molecular flexibility index (Phi) is 7.55. The maximum atomic E-state index is 12.5. The molecule has 1 aliphatic rings. The topological polar surface area (TPSA) is 53.0 Å². The van der Waals surface area contributed by atoms with Gasteiger partial charge >= 0.3 is 0 Å². The second-order valence-electron chi connectivity index (χ2n) is 8.75. The number of likely N-dealkylation sites (N-methyl/N-ethyl adjacent to an activating group) is 1. The highest BCUT2D eigenvalue weighted by atomic mass is 35.5. The first kappa shape index (κ1) is 22.0. The first-order chi connectivity index (χ1) is 12.6. The number of hydrogen-bond donors (Lipinski definition) is 1. The summed E-state index contributed by atoms with van der Waals surface area (Å²) in [5, 5.41) is 9.67. The third kappa shape index (κ3) is 6.37. The molecule has 0 radical (unpaired) electrons. The van der Waals surface area contributed by atoms with Gasteiger partial charge in [-0.05, 0) is 43.4 Å². The summed E-state index contributed by atoms with van der Waals surface area (Å²) in [4.78, 5) is 16.5. The van der Waals surface area contributed by atoms with Gasteiger partial charge in [0, 0.05) is 32.2 Å². The van der Waals surface area contributed by atoms with E-state index in [1.54, 1.807) is 32.2 Å². The predicted molar refractivity (Wildman–Crippen MR) is 110 cm³/mol. The average molecular weight is 397 g/mol. The van der Waals surface area contributed by atoms with Crippen LogP contribution in [-0.4, -0.2) is 66.2 Å². The number of piperidine rings is 1. The van der Waals surface area contributed by atoms with Crippen LogP contribution in [0.5, 0.6) is 5.75 Å². The number of nitrogens with zero attached hydrogens (tertiary/aromatic N) is 2. The Balaban J connectivity index is 1.94. The van der Waals surface area contributed by atoms with E-state index in [9.17, 15) is 9.90 Å². The minimum Gasteiger partial charge on any atom is -0.489 e. The molecule has 6 heteroatoms. The summed E-state index contributed by atoms with van der Waals surface area (Å²) in [5.41, 5.74) is 0.801. The van der Waals surface area contributed by atoms with Crippen LogP contribution in [0.25, 0.3) is 0 Å². The fourth-order valence-corrected chi connectivity index (χ4v) is 3.52. The van der Waals surface area contributed by atoms with Crippen LogP contribution in [-0.2, 0) is 0 Å². The van der Waals surface area contributed by atoms with E-state index in [2.05, 4.69) is 25.7 Å². The zero-order valence-electron chi connectivity index (χ0n) is 17.2. The van der Waals surface area contributed by atoms with Crippen molar-refractivity contribution in [3.8, 4) is 5.75 Å². The minimum atomic E-state index is -0.245. The average Bonchev–Trinajstić information content (AvgIpc) is 2.61. The van der Waals surface area contributed by atoms with Gasteiger partial charge < -0.3 is 19.6 Å². The molecule has 1 N–H and O–H groups in total. The largest absolute Gasteiger partial charge is 0.489 e. The molecular weight excluding hydrogens is 364 g/mol. The molecular formula is C21H33ClN2O3. The second-order valence-corrected chi connectivity index (χ2v) is 9.15. The van der Waals surface area contributed by atoms with Gasteiger partial charge in [-0.1, -0.05) is 32.4 Å². The van der Waals surface area contributed by atoms with Crippen LogP contribution in [0.3, 0.4) is 0 Å². The van der Waals surface area contributed by atoms with Gasteiger partial charge in [-0.15, -0.1) is 0 Å². The van der Waals surface area contributed by atoms with Gasteiger partial charge in [0.25, 0.3) is 5.91 Å². The zero-order chi connectivity index (χ0) is 20.2. The molecule has 1 fully saturated rings. The van der Waals surface area contributed by atoms with Gasteiger partial charge in [-0.25, -0.2) is 0 Å². The molecule has 0 bridgehead atoms. The van der Waals surface area contributed by atoms with Crippen molar-refractivity contribution in [1.29, 1.82) is 0 Å². The standard InChI is InChI=1S/C21H33ClN2O3/c1-15(13-25)23(5)20(26)16-6-7-19(18(22)12-16)27-17-8-10-24(11-9-17)14-21(2,3)4/h6-7,12,15,17,25H,8-11,13-14H2,1-5H3. The lowest BCUT2D eigenvalue weighted by molar-refractivity contribution is 0.0681. The molecule has 27 heavy (non-hydrogen) atoms. The molecule has 0 aliphatic carbocycles. The smallest absolute Gasteiger partial charge is 0.253 e. The number of aliphatic hydroxyl groups is 1. The van der Waals surface area contributed by atoms with Crippen LogP contribution in [0.1, 0.15) is 50.9 Å². The third-order valence-corrected chi connectivity index (χ3v) is 5.25. The molecule has 0 spiro atoms. The number of ether oxygens (including phenoxy) is 1. The van der Waals surface area contributed by atoms with Crippen LogP contribution in [0.4, 0.5) is 0 Å². The summed E-state index contributed by atoms with van der Waals surface area (Å²) in [6.45, 7) is 11.6. The van der Waals surface area contributed by atoms with E-state index in [-0.39, 0.29) is 24.7 Å². The number of carbonyl (C=O) groups excluding carboxylic acids is 1. The summed E-state index contributed by atoms with van der Waals surface area (Å²) in [5.74, 6) is 0.459. The van der Waals surface area contributed by atoms with Crippen LogP contribution in [0, 0.1) is 5.41 Å². The van der Waals surface area contributed by atoms with Crippen molar-refractivity contribution in [3.05, 3.63) is 28.8 Å². The van der Waals surface area contributed by atoms with Gasteiger partial charge in [0.2, 0.25) is 0 Å². The Morgan fingerprint density at radius 3 is 2.52 bits per heavy atom. The monoisotopic (exact) mass is 396 g/mol. The number of aliphatic hydroxyl groups excluding tert-OH is 1. The summed E-state index contributed by atoms with van der Waals surface area (Å²) >= 11 is 6.37. The third-order valence-electron chi connectivity index (χ3n) is 4.95. The Labute approximate surface area is 168 Å². The summed E-state index contributed by atoms with van der Waals surface area (Å²) in [7, 11) is 1.67. The maximum Gasteiger partial charge on any atom is 0.253 e. The first-order valence-corrected chi connectivity index (χ1v) is 10.0. The van der Waals surface area contributed by atoms with Crippen molar-refractivity contribution < 1.29 is 14.6 Å². The van der Waals surface area contributed by atoms with Crippen molar-refractivity contribution in [1.82, 2.24) is 9.80 Å². The van der Waals surface area contributed by atoms with Crippen LogP contribution >= 0.6 is 11.6 Å². The molecule has 0 saturated carbocycles. The highest BCUT2D eigenvalue weighted by Crippen LogP contribution is 2.29. The number of amides is 1. The fraction of sp³-hybridized carbons (Fsp3) is 0.667. The number of benzene rings is 1. The van der Waals surface area contributed by atoms with Crippen molar-refractivity contribution in [2.45, 2.75) is 52.7 Å². The van der Waals surface area contributed by atoms with Gasteiger partial charge in [0.1, 0.15) is 11.9 Å². The van der Waals surface area contributed by atoms with Crippen molar-refractivity contribution in [3.63, 3.8) is 0 Å². The van der Waals surface area contributed by atoms with Crippen LogP contribution < -0.4 is 4.74 Å². The minimum absolute atomic E-state index is 0.0783. The number of rotatable bonds is 6.